The van der Waals surface area contributed by atoms with Crippen LogP contribution in [0, 0.1) is 0 Å². The van der Waals surface area contributed by atoms with Crippen molar-refractivity contribution in [3.8, 4) is 5.75 Å². The molecule has 0 spiro atoms. The van der Waals surface area contributed by atoms with Crippen molar-refractivity contribution in [3.63, 3.8) is 0 Å². The minimum atomic E-state index is 0.612. The molecule has 0 N–H and O–H groups in total. The van der Waals surface area contributed by atoms with Gasteiger partial charge in [-0.3, -0.25) is 4.57 Å². The highest BCUT2D eigenvalue weighted by molar-refractivity contribution is 7.98. The van der Waals surface area contributed by atoms with Crippen LogP contribution in [0.5, 0.6) is 5.75 Å². The van der Waals surface area contributed by atoms with E-state index >= 15 is 0 Å². The second kappa shape index (κ2) is 8.27. The number of benzene rings is 1. The molecule has 1 aliphatic heterocycles. The summed E-state index contributed by atoms with van der Waals surface area (Å²) < 4.78 is 13.1. The van der Waals surface area contributed by atoms with E-state index in [2.05, 4.69) is 19.7 Å². The number of thioether (sulfide) groups is 1. The molecule has 8 heteroatoms. The first-order chi connectivity index (χ1) is 13.2. The van der Waals surface area contributed by atoms with E-state index in [1.165, 1.54) is 12.8 Å². The summed E-state index contributed by atoms with van der Waals surface area (Å²) in [6.45, 7) is 2.65. The summed E-state index contributed by atoms with van der Waals surface area (Å²) in [6.07, 6.45) is 4.07. The molecule has 0 radical (unpaired) electrons. The Morgan fingerprint density at radius 3 is 2.81 bits per heavy atom. The minimum absolute atomic E-state index is 0.612. The molecule has 0 saturated carbocycles. The van der Waals surface area contributed by atoms with E-state index in [4.69, 9.17) is 20.8 Å². The highest BCUT2D eigenvalue weighted by Crippen LogP contribution is 2.32. The zero-order chi connectivity index (χ0) is 18.6. The molecule has 6 nitrogen and oxygen atoms in total. The lowest BCUT2D eigenvalue weighted by Crippen LogP contribution is -2.22. The van der Waals surface area contributed by atoms with Crippen molar-refractivity contribution in [1.82, 2.24) is 14.8 Å². The molecule has 3 aromatic rings. The molecule has 142 valence electrons. The van der Waals surface area contributed by atoms with E-state index in [-0.39, 0.29) is 0 Å². The fourth-order valence-corrected chi connectivity index (χ4v) is 4.34. The Bertz CT molecular complexity index is 891. The van der Waals surface area contributed by atoms with Crippen molar-refractivity contribution in [2.75, 3.05) is 25.1 Å². The van der Waals surface area contributed by atoms with E-state index in [0.29, 0.717) is 17.3 Å². The van der Waals surface area contributed by atoms with Crippen LogP contribution < -0.4 is 9.64 Å². The van der Waals surface area contributed by atoms with Crippen LogP contribution in [-0.4, -0.2) is 35.0 Å². The standard InChI is InChI=1S/C19H21ClN4O2S/c1-25-17-7-6-15(20)11-14(17)13-27-19-22-21-18(23-8-2-3-9-23)24(19)12-16-5-4-10-26-16/h4-7,10-11H,2-3,8-9,12-13H2,1H3. The molecule has 4 rings (SSSR count). The van der Waals surface area contributed by atoms with Gasteiger partial charge in [0.25, 0.3) is 0 Å². The van der Waals surface area contributed by atoms with Crippen LogP contribution >= 0.6 is 23.4 Å². The summed E-state index contributed by atoms with van der Waals surface area (Å²) in [5.74, 6) is 3.31. The predicted molar refractivity (Wildman–Crippen MR) is 107 cm³/mol. The van der Waals surface area contributed by atoms with Gasteiger partial charge in [0.15, 0.2) is 5.16 Å². The smallest absolute Gasteiger partial charge is 0.228 e. The number of aromatic nitrogens is 3. The minimum Gasteiger partial charge on any atom is -0.496 e. The molecule has 0 aliphatic carbocycles. The lowest BCUT2D eigenvalue weighted by Gasteiger charge is -2.17. The number of halogens is 1. The molecule has 1 saturated heterocycles. The molecule has 3 heterocycles. The Morgan fingerprint density at radius 2 is 2.07 bits per heavy atom. The van der Waals surface area contributed by atoms with Crippen molar-refractivity contribution >= 4 is 29.3 Å². The van der Waals surface area contributed by atoms with Crippen LogP contribution in [0.2, 0.25) is 5.02 Å². The number of furan rings is 1. The van der Waals surface area contributed by atoms with E-state index in [1.54, 1.807) is 25.1 Å². The Balaban J connectivity index is 1.59. The molecule has 1 aliphatic rings. The van der Waals surface area contributed by atoms with Gasteiger partial charge in [0.1, 0.15) is 11.5 Å². The molecule has 0 unspecified atom stereocenters. The Labute approximate surface area is 167 Å². The van der Waals surface area contributed by atoms with Crippen molar-refractivity contribution in [2.45, 2.75) is 30.3 Å². The fourth-order valence-electron chi connectivity index (χ4n) is 3.24. The van der Waals surface area contributed by atoms with Crippen molar-refractivity contribution < 1.29 is 9.15 Å². The third kappa shape index (κ3) is 4.09. The first-order valence-corrected chi connectivity index (χ1v) is 10.3. The van der Waals surface area contributed by atoms with E-state index in [0.717, 1.165) is 41.3 Å². The third-order valence-corrected chi connectivity index (χ3v) is 5.83. The summed E-state index contributed by atoms with van der Waals surface area (Å²) in [4.78, 5) is 2.29. The largest absolute Gasteiger partial charge is 0.496 e. The lowest BCUT2D eigenvalue weighted by molar-refractivity contribution is 0.411. The number of anilines is 1. The van der Waals surface area contributed by atoms with Crippen LogP contribution in [0.1, 0.15) is 24.2 Å². The van der Waals surface area contributed by atoms with Gasteiger partial charge in [0, 0.05) is 29.4 Å². The molecule has 2 aromatic heterocycles. The Hall–Kier alpha value is -2.12. The van der Waals surface area contributed by atoms with Gasteiger partial charge in [-0.05, 0) is 43.2 Å². The zero-order valence-corrected chi connectivity index (χ0v) is 16.7. The molecule has 1 aromatic carbocycles. The average molecular weight is 405 g/mol. The Kier molecular flexibility index (Phi) is 5.59. The van der Waals surface area contributed by atoms with E-state index in [9.17, 15) is 0 Å². The maximum Gasteiger partial charge on any atom is 0.228 e. The number of ether oxygens (including phenoxy) is 1. The summed E-state index contributed by atoms with van der Waals surface area (Å²) in [7, 11) is 1.67. The molecular formula is C19H21ClN4O2S. The Morgan fingerprint density at radius 1 is 1.22 bits per heavy atom. The number of hydrogen-bond donors (Lipinski definition) is 0. The van der Waals surface area contributed by atoms with Crippen molar-refractivity contribution in [2.24, 2.45) is 0 Å². The van der Waals surface area contributed by atoms with E-state index in [1.807, 2.05) is 30.3 Å². The van der Waals surface area contributed by atoms with Gasteiger partial charge in [-0.2, -0.15) is 0 Å². The van der Waals surface area contributed by atoms with Crippen molar-refractivity contribution in [1.29, 1.82) is 0 Å². The van der Waals surface area contributed by atoms with Crippen LogP contribution in [0.25, 0.3) is 0 Å². The average Bonchev–Trinajstić information content (AvgIpc) is 3.43. The second-order valence-electron chi connectivity index (χ2n) is 6.39. The molecule has 0 amide bonds. The van der Waals surface area contributed by atoms with Crippen LogP contribution in [-0.2, 0) is 12.3 Å². The SMILES string of the molecule is COc1ccc(Cl)cc1CSc1nnc(N2CCCC2)n1Cc1ccco1. The van der Waals surface area contributed by atoms with Gasteiger partial charge in [-0.25, -0.2) is 0 Å². The van der Waals surface area contributed by atoms with Crippen LogP contribution in [0.15, 0.2) is 46.2 Å². The van der Waals surface area contributed by atoms with Crippen LogP contribution in [0.3, 0.4) is 0 Å². The molecule has 27 heavy (non-hydrogen) atoms. The van der Waals surface area contributed by atoms with Crippen LogP contribution in [0.4, 0.5) is 5.95 Å². The number of methoxy groups -OCH3 is 1. The highest BCUT2D eigenvalue weighted by atomic mass is 35.5. The molecular weight excluding hydrogens is 384 g/mol. The quantitative estimate of drug-likeness (QED) is 0.541. The monoisotopic (exact) mass is 404 g/mol. The predicted octanol–water partition coefficient (Wildman–Crippen LogP) is 4.47. The van der Waals surface area contributed by atoms with Gasteiger partial charge >= 0.3 is 0 Å². The van der Waals surface area contributed by atoms with Gasteiger partial charge in [0.2, 0.25) is 5.95 Å². The number of hydrogen-bond acceptors (Lipinski definition) is 6. The molecule has 1 fully saturated rings. The first-order valence-electron chi connectivity index (χ1n) is 8.90. The topological polar surface area (TPSA) is 56.3 Å². The van der Waals surface area contributed by atoms with Gasteiger partial charge in [-0.1, -0.05) is 23.4 Å². The zero-order valence-electron chi connectivity index (χ0n) is 15.1. The number of nitrogens with zero attached hydrogens (tertiary/aromatic N) is 4. The molecule has 0 bridgehead atoms. The summed E-state index contributed by atoms with van der Waals surface area (Å²) >= 11 is 7.78. The van der Waals surface area contributed by atoms with Gasteiger partial charge in [0.05, 0.1) is 19.9 Å². The number of rotatable bonds is 7. The highest BCUT2D eigenvalue weighted by Gasteiger charge is 2.22. The second-order valence-corrected chi connectivity index (χ2v) is 7.77. The summed E-state index contributed by atoms with van der Waals surface area (Å²) in [5, 5.41) is 10.5. The molecule has 0 atom stereocenters. The first kappa shape index (κ1) is 18.3. The fraction of sp³-hybridized carbons (Fsp3) is 0.368. The van der Waals surface area contributed by atoms with Gasteiger partial charge in [-0.15, -0.1) is 10.2 Å². The lowest BCUT2D eigenvalue weighted by atomic mass is 10.2. The summed E-state index contributed by atoms with van der Waals surface area (Å²) in [6, 6.07) is 9.53. The maximum absolute atomic E-state index is 6.15. The third-order valence-electron chi connectivity index (χ3n) is 4.58. The normalized spacial score (nSPS) is 14.1. The van der Waals surface area contributed by atoms with E-state index < -0.39 is 0 Å². The van der Waals surface area contributed by atoms with Crippen molar-refractivity contribution in [3.05, 3.63) is 52.9 Å². The summed E-state index contributed by atoms with van der Waals surface area (Å²) in [5.41, 5.74) is 1.03. The maximum atomic E-state index is 6.15. The van der Waals surface area contributed by atoms with Gasteiger partial charge < -0.3 is 14.1 Å².